The number of fused-ring (bicyclic) bond motifs is 1. The van der Waals surface area contributed by atoms with Crippen LogP contribution in [0.3, 0.4) is 0 Å². The Morgan fingerprint density at radius 1 is 0.944 bits per heavy atom. The molecule has 0 radical (unpaired) electrons. The standard InChI is InChI=1S/C26H18ClF2N5OS/c27-24-19-11-16(4-7-22(19)33-14-34-24)23-8-5-17(36-23)13-31-25-18(2-1-9-30-25)26(35)32-12-15-3-6-20(28)21(29)10-15/h1-11,14H,12-13H2,(H,30,31)(H,32,35). The molecule has 0 aliphatic heterocycles. The zero-order chi connectivity index (χ0) is 25.1. The Morgan fingerprint density at radius 2 is 1.83 bits per heavy atom. The highest BCUT2D eigenvalue weighted by atomic mass is 35.5. The van der Waals surface area contributed by atoms with Crippen LogP contribution in [0, 0.1) is 11.6 Å². The minimum atomic E-state index is -0.957. The minimum absolute atomic E-state index is 0.0550. The number of benzene rings is 2. The predicted molar refractivity (Wildman–Crippen MR) is 137 cm³/mol. The summed E-state index contributed by atoms with van der Waals surface area (Å²) >= 11 is 7.82. The molecule has 0 atom stereocenters. The van der Waals surface area contributed by atoms with Gasteiger partial charge in [-0.15, -0.1) is 11.3 Å². The number of aromatic nitrogens is 3. The molecule has 2 N–H and O–H groups in total. The van der Waals surface area contributed by atoms with Crippen LogP contribution in [0.2, 0.25) is 5.15 Å². The zero-order valence-corrected chi connectivity index (χ0v) is 20.2. The molecule has 2 aromatic carbocycles. The van der Waals surface area contributed by atoms with Crippen molar-refractivity contribution in [2.45, 2.75) is 13.1 Å². The van der Waals surface area contributed by atoms with E-state index in [1.165, 1.54) is 12.4 Å². The normalized spacial score (nSPS) is 11.0. The third-order valence-corrected chi connectivity index (χ3v) is 6.89. The lowest BCUT2D eigenvalue weighted by atomic mass is 10.1. The number of nitrogens with zero attached hydrogens (tertiary/aromatic N) is 3. The Labute approximate surface area is 214 Å². The van der Waals surface area contributed by atoms with Crippen LogP contribution < -0.4 is 10.6 Å². The van der Waals surface area contributed by atoms with Crippen LogP contribution in [0.4, 0.5) is 14.6 Å². The second-order valence-corrected chi connectivity index (χ2v) is 9.37. The van der Waals surface area contributed by atoms with E-state index in [4.69, 9.17) is 11.6 Å². The number of hydrogen-bond donors (Lipinski definition) is 2. The van der Waals surface area contributed by atoms with E-state index in [1.807, 2.05) is 30.3 Å². The zero-order valence-electron chi connectivity index (χ0n) is 18.6. The van der Waals surface area contributed by atoms with E-state index in [0.29, 0.717) is 28.6 Å². The summed E-state index contributed by atoms with van der Waals surface area (Å²) in [4.78, 5) is 27.4. The maximum atomic E-state index is 13.4. The second-order valence-electron chi connectivity index (χ2n) is 7.85. The van der Waals surface area contributed by atoms with Gasteiger partial charge in [-0.25, -0.2) is 23.7 Å². The summed E-state index contributed by atoms with van der Waals surface area (Å²) in [5, 5.41) is 7.13. The molecule has 3 heterocycles. The molecular weight excluding hydrogens is 504 g/mol. The van der Waals surface area contributed by atoms with E-state index in [2.05, 4.69) is 25.6 Å². The van der Waals surface area contributed by atoms with Crippen LogP contribution in [-0.4, -0.2) is 20.9 Å². The van der Waals surface area contributed by atoms with E-state index in [1.54, 1.807) is 29.7 Å². The molecule has 180 valence electrons. The Morgan fingerprint density at radius 3 is 2.69 bits per heavy atom. The molecule has 0 saturated carbocycles. The minimum Gasteiger partial charge on any atom is -0.365 e. The Hall–Kier alpha value is -3.95. The van der Waals surface area contributed by atoms with Gasteiger partial charge < -0.3 is 10.6 Å². The van der Waals surface area contributed by atoms with Gasteiger partial charge in [0.2, 0.25) is 0 Å². The van der Waals surface area contributed by atoms with Gasteiger partial charge in [-0.1, -0.05) is 23.7 Å². The summed E-state index contributed by atoms with van der Waals surface area (Å²) in [6, 6.07) is 16.7. The van der Waals surface area contributed by atoms with E-state index in [9.17, 15) is 13.6 Å². The highest BCUT2D eigenvalue weighted by Crippen LogP contribution is 2.32. The highest BCUT2D eigenvalue weighted by molar-refractivity contribution is 7.15. The van der Waals surface area contributed by atoms with Gasteiger partial charge in [-0.2, -0.15) is 0 Å². The molecule has 36 heavy (non-hydrogen) atoms. The van der Waals surface area contributed by atoms with E-state index in [0.717, 1.165) is 38.4 Å². The SMILES string of the molecule is O=C(NCc1ccc(F)c(F)c1)c1cccnc1NCc1ccc(-c2ccc3ncnc(Cl)c3c2)s1. The lowest BCUT2D eigenvalue weighted by molar-refractivity contribution is 0.0951. The van der Waals surface area contributed by atoms with Gasteiger partial charge in [-0.05, 0) is 59.7 Å². The van der Waals surface area contributed by atoms with Crippen LogP contribution >= 0.6 is 22.9 Å². The van der Waals surface area contributed by atoms with E-state index < -0.39 is 11.6 Å². The van der Waals surface area contributed by atoms with Gasteiger partial charge in [0.25, 0.3) is 5.91 Å². The number of amides is 1. The fraction of sp³-hybridized carbons (Fsp3) is 0.0769. The molecule has 3 aromatic heterocycles. The smallest absolute Gasteiger partial charge is 0.255 e. The molecule has 6 nitrogen and oxygen atoms in total. The number of halogens is 3. The summed E-state index contributed by atoms with van der Waals surface area (Å²) in [6.45, 7) is 0.516. The van der Waals surface area contributed by atoms with Gasteiger partial charge >= 0.3 is 0 Å². The summed E-state index contributed by atoms with van der Waals surface area (Å²) in [5.41, 5.74) is 2.59. The van der Waals surface area contributed by atoms with Crippen molar-refractivity contribution in [1.82, 2.24) is 20.3 Å². The molecular formula is C26H18ClF2N5OS. The number of anilines is 1. The Bertz CT molecular complexity index is 1580. The second kappa shape index (κ2) is 10.3. The summed E-state index contributed by atoms with van der Waals surface area (Å²) in [7, 11) is 0. The number of carbonyl (C=O) groups excluding carboxylic acids is 1. The number of nitrogens with one attached hydrogen (secondary N) is 2. The molecule has 0 aliphatic rings. The van der Waals surface area contributed by atoms with E-state index in [-0.39, 0.29) is 12.5 Å². The van der Waals surface area contributed by atoms with Crippen molar-refractivity contribution in [3.8, 4) is 10.4 Å². The largest absolute Gasteiger partial charge is 0.365 e. The summed E-state index contributed by atoms with van der Waals surface area (Å²) < 4.78 is 26.6. The van der Waals surface area contributed by atoms with E-state index >= 15 is 0 Å². The van der Waals surface area contributed by atoms with Crippen LogP contribution in [-0.2, 0) is 13.1 Å². The monoisotopic (exact) mass is 521 g/mol. The molecule has 0 bridgehead atoms. The Balaban J connectivity index is 1.26. The van der Waals surface area contributed by atoms with Crippen molar-refractivity contribution in [1.29, 1.82) is 0 Å². The van der Waals surface area contributed by atoms with Crippen molar-refractivity contribution >= 4 is 45.6 Å². The Kier molecular flexibility index (Phi) is 6.84. The third-order valence-electron chi connectivity index (χ3n) is 5.45. The fourth-order valence-electron chi connectivity index (χ4n) is 3.63. The molecule has 0 saturated heterocycles. The summed E-state index contributed by atoms with van der Waals surface area (Å²) in [6.07, 6.45) is 3.03. The number of thiophene rings is 1. The number of hydrogen-bond acceptors (Lipinski definition) is 6. The van der Waals surface area contributed by atoms with Gasteiger partial charge in [0.15, 0.2) is 11.6 Å². The first kappa shape index (κ1) is 23.8. The lowest BCUT2D eigenvalue weighted by Crippen LogP contribution is -2.24. The van der Waals surface area contributed by atoms with Gasteiger partial charge in [0, 0.05) is 27.9 Å². The topological polar surface area (TPSA) is 79.8 Å². The number of rotatable bonds is 7. The van der Waals surface area contributed by atoms with Crippen LogP contribution in [0.5, 0.6) is 0 Å². The molecule has 5 aromatic rings. The first-order valence-corrected chi connectivity index (χ1v) is 12.1. The van der Waals surface area contributed by atoms with Crippen LogP contribution in [0.1, 0.15) is 20.8 Å². The van der Waals surface area contributed by atoms with Crippen molar-refractivity contribution in [2.24, 2.45) is 0 Å². The average molecular weight is 522 g/mol. The third kappa shape index (κ3) is 5.17. The van der Waals surface area contributed by atoms with Gasteiger partial charge in [0.05, 0.1) is 17.6 Å². The van der Waals surface area contributed by atoms with Crippen molar-refractivity contribution in [3.05, 3.63) is 106 Å². The lowest BCUT2D eigenvalue weighted by Gasteiger charge is -2.11. The fourth-order valence-corrected chi connectivity index (χ4v) is 4.77. The predicted octanol–water partition coefficient (Wildman–Crippen LogP) is 6.23. The first-order chi connectivity index (χ1) is 17.5. The molecule has 5 rings (SSSR count). The first-order valence-electron chi connectivity index (χ1n) is 10.9. The molecule has 1 amide bonds. The van der Waals surface area contributed by atoms with Crippen LogP contribution in [0.15, 0.2) is 73.2 Å². The average Bonchev–Trinajstić information content (AvgIpc) is 3.37. The van der Waals surface area contributed by atoms with Crippen LogP contribution in [0.25, 0.3) is 21.3 Å². The van der Waals surface area contributed by atoms with Crippen molar-refractivity contribution in [3.63, 3.8) is 0 Å². The van der Waals surface area contributed by atoms with Gasteiger partial charge in [0.1, 0.15) is 17.3 Å². The maximum Gasteiger partial charge on any atom is 0.255 e. The molecule has 10 heteroatoms. The quantitative estimate of drug-likeness (QED) is 0.248. The molecule has 0 spiro atoms. The van der Waals surface area contributed by atoms with Crippen molar-refractivity contribution < 1.29 is 13.6 Å². The molecule has 0 aliphatic carbocycles. The molecule has 0 fully saturated rings. The van der Waals surface area contributed by atoms with Gasteiger partial charge in [-0.3, -0.25) is 4.79 Å². The maximum absolute atomic E-state index is 13.4. The number of pyridine rings is 1. The number of carbonyl (C=O) groups is 1. The summed E-state index contributed by atoms with van der Waals surface area (Å²) in [5.74, 6) is -1.85. The van der Waals surface area contributed by atoms with Crippen molar-refractivity contribution in [2.75, 3.05) is 5.32 Å². The highest BCUT2D eigenvalue weighted by Gasteiger charge is 2.13. The molecule has 0 unspecified atom stereocenters.